The highest BCUT2D eigenvalue weighted by molar-refractivity contribution is 5.79. The maximum atomic E-state index is 9.65. The number of aromatic hydroxyl groups is 1. The van der Waals surface area contributed by atoms with E-state index in [9.17, 15) is 5.11 Å². The molecule has 0 bridgehead atoms. The zero-order chi connectivity index (χ0) is 18.2. The van der Waals surface area contributed by atoms with Crippen molar-refractivity contribution in [2.75, 3.05) is 27.2 Å². The van der Waals surface area contributed by atoms with E-state index >= 15 is 0 Å². The van der Waals surface area contributed by atoms with Crippen molar-refractivity contribution in [2.45, 2.75) is 19.9 Å². The molecular formula is C17H26N6O2. The van der Waals surface area contributed by atoms with Crippen LogP contribution >= 0.6 is 0 Å². The molecule has 0 unspecified atom stereocenters. The van der Waals surface area contributed by atoms with Crippen molar-refractivity contribution in [3.05, 3.63) is 35.9 Å². The van der Waals surface area contributed by atoms with Gasteiger partial charge in [-0.3, -0.25) is 9.67 Å². The second-order valence-corrected chi connectivity index (χ2v) is 5.65. The quantitative estimate of drug-likeness (QED) is 0.578. The Balaban J connectivity index is 2.00. The van der Waals surface area contributed by atoms with Crippen molar-refractivity contribution in [3.63, 3.8) is 0 Å². The minimum atomic E-state index is 0.145. The van der Waals surface area contributed by atoms with Crippen molar-refractivity contribution in [1.82, 2.24) is 25.0 Å². The Bertz CT molecular complexity index is 713. The number of guanidine groups is 1. The third-order valence-corrected chi connectivity index (χ3v) is 3.79. The number of methoxy groups -OCH3 is 1. The fraction of sp³-hybridized carbons (Fsp3) is 0.471. The highest BCUT2D eigenvalue weighted by atomic mass is 16.5. The molecule has 0 radical (unpaired) electrons. The van der Waals surface area contributed by atoms with Crippen molar-refractivity contribution in [2.24, 2.45) is 12.0 Å². The van der Waals surface area contributed by atoms with Crippen molar-refractivity contribution < 1.29 is 9.84 Å². The fourth-order valence-corrected chi connectivity index (χ4v) is 2.39. The predicted octanol–water partition coefficient (Wildman–Crippen LogP) is 1.17. The predicted molar refractivity (Wildman–Crippen MR) is 96.8 cm³/mol. The molecule has 136 valence electrons. The highest BCUT2D eigenvalue weighted by Gasteiger charge is 2.10. The van der Waals surface area contributed by atoms with Gasteiger partial charge in [-0.1, -0.05) is 6.07 Å². The summed E-state index contributed by atoms with van der Waals surface area (Å²) in [5, 5.41) is 17.0. The number of hydrogen-bond acceptors (Lipinski definition) is 5. The van der Waals surface area contributed by atoms with Crippen molar-refractivity contribution >= 4 is 5.96 Å². The Morgan fingerprint density at radius 3 is 2.88 bits per heavy atom. The lowest BCUT2D eigenvalue weighted by Gasteiger charge is -2.21. The van der Waals surface area contributed by atoms with Gasteiger partial charge in [-0.15, -0.1) is 0 Å². The van der Waals surface area contributed by atoms with Crippen LogP contribution in [0.15, 0.2) is 29.5 Å². The van der Waals surface area contributed by atoms with Crippen molar-refractivity contribution in [1.29, 1.82) is 0 Å². The first-order valence-electron chi connectivity index (χ1n) is 8.23. The summed E-state index contributed by atoms with van der Waals surface area (Å²) in [7, 11) is 5.39. The molecule has 1 heterocycles. The molecule has 2 aromatic rings. The Kier molecular flexibility index (Phi) is 6.62. The van der Waals surface area contributed by atoms with Crippen LogP contribution in [0, 0.1) is 0 Å². The maximum absolute atomic E-state index is 9.65. The molecule has 2 rings (SSSR count). The van der Waals surface area contributed by atoms with Crippen LogP contribution in [-0.4, -0.2) is 58.0 Å². The molecule has 8 heteroatoms. The number of hydrogen-bond donors (Lipinski definition) is 2. The molecular weight excluding hydrogens is 320 g/mol. The molecule has 0 fully saturated rings. The Morgan fingerprint density at radius 1 is 1.44 bits per heavy atom. The van der Waals surface area contributed by atoms with Crippen LogP contribution in [0.4, 0.5) is 0 Å². The largest absolute Gasteiger partial charge is 0.504 e. The molecule has 0 aliphatic heterocycles. The summed E-state index contributed by atoms with van der Waals surface area (Å²) < 4.78 is 6.89. The Morgan fingerprint density at radius 2 is 2.24 bits per heavy atom. The summed E-state index contributed by atoms with van der Waals surface area (Å²) in [6.07, 6.45) is 2.30. The van der Waals surface area contributed by atoms with E-state index in [0.29, 0.717) is 18.8 Å². The topological polar surface area (TPSA) is 87.8 Å². The summed E-state index contributed by atoms with van der Waals surface area (Å²) in [5.74, 6) is 2.31. The van der Waals surface area contributed by atoms with Gasteiger partial charge in [-0.2, -0.15) is 5.10 Å². The van der Waals surface area contributed by atoms with Crippen LogP contribution in [0.1, 0.15) is 18.3 Å². The molecule has 25 heavy (non-hydrogen) atoms. The second-order valence-electron chi connectivity index (χ2n) is 5.65. The molecule has 0 amide bonds. The zero-order valence-corrected chi connectivity index (χ0v) is 15.2. The maximum Gasteiger partial charge on any atom is 0.194 e. The van der Waals surface area contributed by atoms with Crippen molar-refractivity contribution in [3.8, 4) is 11.5 Å². The third-order valence-electron chi connectivity index (χ3n) is 3.79. The van der Waals surface area contributed by atoms with Gasteiger partial charge in [0, 0.05) is 27.2 Å². The monoisotopic (exact) mass is 346 g/mol. The van der Waals surface area contributed by atoms with Crippen LogP contribution in [0.25, 0.3) is 0 Å². The number of phenolic OH excluding ortho intramolecular Hbond substituents is 1. The first-order valence-corrected chi connectivity index (χ1v) is 8.23. The van der Waals surface area contributed by atoms with Crippen LogP contribution in [0.3, 0.4) is 0 Å². The molecule has 0 aliphatic rings. The number of nitrogens with zero attached hydrogens (tertiary/aromatic N) is 5. The lowest BCUT2D eigenvalue weighted by molar-refractivity contribution is 0.373. The standard InChI is InChI=1S/C17H26N6O2/c1-5-18-17(22(2)11-16-20-12-21-23(16)3)19-9-8-13-6-7-14(24)15(10-13)25-4/h6-7,10,12,24H,5,8-9,11H2,1-4H3,(H,18,19). The number of rotatable bonds is 7. The SMILES string of the molecule is CCNC(=NCCc1ccc(O)c(OC)c1)N(C)Cc1ncnn1C. The average molecular weight is 346 g/mol. The fourth-order valence-electron chi connectivity index (χ4n) is 2.39. The van der Waals surface area contributed by atoms with E-state index < -0.39 is 0 Å². The van der Waals surface area contributed by atoms with E-state index in [1.54, 1.807) is 24.2 Å². The minimum Gasteiger partial charge on any atom is -0.504 e. The van der Waals surface area contributed by atoms with Gasteiger partial charge < -0.3 is 20.1 Å². The number of aliphatic imine (C=N–C) groups is 1. The van der Waals surface area contributed by atoms with Gasteiger partial charge in [-0.05, 0) is 31.0 Å². The summed E-state index contributed by atoms with van der Waals surface area (Å²) in [6, 6.07) is 5.36. The number of ether oxygens (including phenoxy) is 1. The van der Waals surface area contributed by atoms with E-state index in [2.05, 4.69) is 20.4 Å². The summed E-state index contributed by atoms with van der Waals surface area (Å²) in [5.41, 5.74) is 1.06. The van der Waals surface area contributed by atoms with Gasteiger partial charge in [-0.25, -0.2) is 4.98 Å². The van der Waals surface area contributed by atoms with Crippen LogP contribution < -0.4 is 10.1 Å². The van der Waals surface area contributed by atoms with Gasteiger partial charge >= 0.3 is 0 Å². The molecule has 1 aromatic carbocycles. The van der Waals surface area contributed by atoms with Gasteiger partial charge in [0.25, 0.3) is 0 Å². The molecule has 0 aliphatic carbocycles. The number of benzene rings is 1. The van der Waals surface area contributed by atoms with Gasteiger partial charge in [0.1, 0.15) is 12.2 Å². The van der Waals surface area contributed by atoms with E-state index in [1.165, 1.54) is 0 Å². The molecule has 8 nitrogen and oxygen atoms in total. The minimum absolute atomic E-state index is 0.145. The van der Waals surface area contributed by atoms with Gasteiger partial charge in [0.2, 0.25) is 0 Å². The lowest BCUT2D eigenvalue weighted by Crippen LogP contribution is -2.39. The molecule has 0 spiro atoms. The Hall–Kier alpha value is -2.77. The van der Waals surface area contributed by atoms with Crippen LogP contribution in [-0.2, 0) is 20.0 Å². The molecule has 0 atom stereocenters. The summed E-state index contributed by atoms with van der Waals surface area (Å²) >= 11 is 0. The molecule has 0 saturated heterocycles. The normalized spacial score (nSPS) is 11.4. The van der Waals surface area contributed by atoms with E-state index in [0.717, 1.165) is 30.3 Å². The number of aryl methyl sites for hydroxylation is 1. The molecule has 1 aromatic heterocycles. The van der Waals surface area contributed by atoms with E-state index in [-0.39, 0.29) is 5.75 Å². The second kappa shape index (κ2) is 8.91. The van der Waals surface area contributed by atoms with E-state index in [1.807, 2.05) is 38.1 Å². The summed E-state index contributed by atoms with van der Waals surface area (Å²) in [6.45, 7) is 4.07. The average Bonchev–Trinajstić information content (AvgIpc) is 3.00. The van der Waals surface area contributed by atoms with Crippen LogP contribution in [0.5, 0.6) is 11.5 Å². The highest BCUT2D eigenvalue weighted by Crippen LogP contribution is 2.26. The number of nitrogens with one attached hydrogen (secondary N) is 1. The molecule has 2 N–H and O–H groups in total. The third kappa shape index (κ3) is 5.10. The number of phenols is 1. The lowest BCUT2D eigenvalue weighted by atomic mass is 10.1. The summed E-state index contributed by atoms with van der Waals surface area (Å²) in [4.78, 5) is 10.9. The Labute approximate surface area is 148 Å². The number of aromatic nitrogens is 3. The van der Waals surface area contributed by atoms with E-state index in [4.69, 9.17) is 4.74 Å². The van der Waals surface area contributed by atoms with Crippen LogP contribution in [0.2, 0.25) is 0 Å². The van der Waals surface area contributed by atoms with Gasteiger partial charge in [0.15, 0.2) is 17.5 Å². The first kappa shape index (κ1) is 18.6. The first-order chi connectivity index (χ1) is 12.0. The smallest absolute Gasteiger partial charge is 0.194 e. The van der Waals surface area contributed by atoms with Gasteiger partial charge in [0.05, 0.1) is 13.7 Å². The molecule has 0 saturated carbocycles. The zero-order valence-electron chi connectivity index (χ0n) is 15.2.